The first-order valence-electron chi connectivity index (χ1n) is 7.43. The highest BCUT2D eigenvalue weighted by molar-refractivity contribution is 7.16. The number of thiophene rings is 1. The second-order valence-electron chi connectivity index (χ2n) is 5.43. The zero-order chi connectivity index (χ0) is 14.8. The lowest BCUT2D eigenvalue weighted by atomic mass is 10.3. The lowest BCUT2D eigenvalue weighted by Crippen LogP contribution is -2.31. The van der Waals surface area contributed by atoms with Crippen LogP contribution in [0.2, 0.25) is 0 Å². The summed E-state index contributed by atoms with van der Waals surface area (Å²) in [5.74, 6) is 1.08. The van der Waals surface area contributed by atoms with Gasteiger partial charge in [0.05, 0.1) is 16.6 Å². The molecule has 22 heavy (non-hydrogen) atoms. The highest BCUT2D eigenvalue weighted by Crippen LogP contribution is 2.27. The van der Waals surface area contributed by atoms with E-state index in [1.165, 1.54) is 11.1 Å². The van der Waals surface area contributed by atoms with Crippen molar-refractivity contribution in [2.45, 2.75) is 13.0 Å². The Morgan fingerprint density at radius 3 is 3.00 bits per heavy atom. The Kier molecular flexibility index (Phi) is 4.01. The summed E-state index contributed by atoms with van der Waals surface area (Å²) >= 11 is 3.35. The van der Waals surface area contributed by atoms with Crippen LogP contribution in [0, 0.1) is 0 Å². The molecule has 0 spiro atoms. The molecule has 5 nitrogen and oxygen atoms in total. The second-order valence-corrected chi connectivity index (χ2v) is 7.05. The molecule has 0 bridgehead atoms. The predicted octanol–water partition coefficient (Wildman–Crippen LogP) is 2.86. The van der Waals surface area contributed by atoms with E-state index in [-0.39, 0.29) is 0 Å². The van der Waals surface area contributed by atoms with E-state index in [1.54, 1.807) is 29.0 Å². The van der Waals surface area contributed by atoms with Crippen molar-refractivity contribution in [3.05, 3.63) is 34.4 Å². The van der Waals surface area contributed by atoms with Crippen LogP contribution in [-0.4, -0.2) is 46.0 Å². The number of rotatable bonds is 3. The minimum atomic E-state index is 0.953. The van der Waals surface area contributed by atoms with E-state index < -0.39 is 0 Å². The molecule has 0 amide bonds. The standard InChI is InChI=1S/C15H17N5S2/c1-3-19(8-12-9-21-11-18-12)5-6-20(4-1)14-13-2-7-22-15(13)17-10-16-14/h2,7,9-11H,1,3-6,8H2. The Bertz CT molecular complexity index is 739. The quantitative estimate of drug-likeness (QED) is 0.738. The molecule has 0 atom stereocenters. The molecular weight excluding hydrogens is 314 g/mol. The molecule has 3 aromatic heterocycles. The lowest BCUT2D eigenvalue weighted by Gasteiger charge is -2.22. The van der Waals surface area contributed by atoms with Crippen LogP contribution >= 0.6 is 22.7 Å². The predicted molar refractivity (Wildman–Crippen MR) is 91.6 cm³/mol. The Morgan fingerprint density at radius 2 is 2.09 bits per heavy atom. The van der Waals surface area contributed by atoms with Crippen LogP contribution in [0.1, 0.15) is 12.1 Å². The SMILES string of the molecule is c1nc(N2CCCN(Cc3cscn3)CC2)c2ccsc2n1. The number of hydrogen-bond acceptors (Lipinski definition) is 7. The molecule has 0 aliphatic carbocycles. The van der Waals surface area contributed by atoms with Gasteiger partial charge in [-0.2, -0.15) is 0 Å². The smallest absolute Gasteiger partial charge is 0.140 e. The van der Waals surface area contributed by atoms with Gasteiger partial charge in [-0.1, -0.05) is 0 Å². The Balaban J connectivity index is 1.49. The zero-order valence-corrected chi connectivity index (χ0v) is 13.8. The summed E-state index contributed by atoms with van der Waals surface area (Å²) < 4.78 is 0. The maximum atomic E-state index is 4.54. The van der Waals surface area contributed by atoms with Gasteiger partial charge >= 0.3 is 0 Å². The van der Waals surface area contributed by atoms with E-state index in [0.717, 1.165) is 49.8 Å². The van der Waals surface area contributed by atoms with E-state index in [0.29, 0.717) is 0 Å². The summed E-state index contributed by atoms with van der Waals surface area (Å²) in [5, 5.41) is 5.41. The average Bonchev–Trinajstić information content (AvgIpc) is 3.16. The van der Waals surface area contributed by atoms with Crippen molar-refractivity contribution in [2.75, 3.05) is 31.1 Å². The van der Waals surface area contributed by atoms with Gasteiger partial charge in [0.25, 0.3) is 0 Å². The van der Waals surface area contributed by atoms with Crippen LogP contribution in [0.15, 0.2) is 28.7 Å². The summed E-state index contributed by atoms with van der Waals surface area (Å²) in [6.07, 6.45) is 2.84. The maximum absolute atomic E-state index is 4.54. The van der Waals surface area contributed by atoms with Crippen LogP contribution in [0.5, 0.6) is 0 Å². The monoisotopic (exact) mass is 331 g/mol. The minimum Gasteiger partial charge on any atom is -0.355 e. The molecule has 7 heteroatoms. The molecule has 0 aromatic carbocycles. The van der Waals surface area contributed by atoms with Crippen molar-refractivity contribution in [1.82, 2.24) is 19.9 Å². The van der Waals surface area contributed by atoms with E-state index in [1.807, 2.05) is 5.51 Å². The summed E-state index contributed by atoms with van der Waals surface area (Å²) in [4.78, 5) is 19.2. The first-order chi connectivity index (χ1) is 10.9. The molecule has 114 valence electrons. The second kappa shape index (κ2) is 6.28. The van der Waals surface area contributed by atoms with Gasteiger partial charge in [0.2, 0.25) is 0 Å². The summed E-state index contributed by atoms with van der Waals surface area (Å²) in [6, 6.07) is 2.13. The Labute approximate surface area is 137 Å². The first kappa shape index (κ1) is 14.0. The summed E-state index contributed by atoms with van der Waals surface area (Å²) in [6.45, 7) is 5.18. The molecular formula is C15H17N5S2. The van der Waals surface area contributed by atoms with Crippen molar-refractivity contribution in [3.8, 4) is 0 Å². The molecule has 1 aliphatic heterocycles. The van der Waals surface area contributed by atoms with Crippen LogP contribution in [0.3, 0.4) is 0 Å². The number of anilines is 1. The number of fused-ring (bicyclic) bond motifs is 1. The third-order valence-electron chi connectivity index (χ3n) is 4.00. The van der Waals surface area contributed by atoms with Gasteiger partial charge in [-0.3, -0.25) is 4.90 Å². The highest BCUT2D eigenvalue weighted by Gasteiger charge is 2.18. The molecule has 0 N–H and O–H groups in total. The van der Waals surface area contributed by atoms with Crippen molar-refractivity contribution in [2.24, 2.45) is 0 Å². The van der Waals surface area contributed by atoms with Crippen LogP contribution in [0.25, 0.3) is 10.2 Å². The van der Waals surface area contributed by atoms with Gasteiger partial charge in [-0.15, -0.1) is 22.7 Å². The van der Waals surface area contributed by atoms with E-state index >= 15 is 0 Å². The molecule has 0 radical (unpaired) electrons. The molecule has 4 heterocycles. The topological polar surface area (TPSA) is 45.2 Å². The molecule has 0 saturated carbocycles. The fourth-order valence-corrected chi connectivity index (χ4v) is 4.19. The molecule has 1 aliphatic rings. The molecule has 0 unspecified atom stereocenters. The molecule has 3 aromatic rings. The van der Waals surface area contributed by atoms with Gasteiger partial charge in [0.1, 0.15) is 17.0 Å². The number of aromatic nitrogens is 3. The van der Waals surface area contributed by atoms with Gasteiger partial charge in [-0.25, -0.2) is 15.0 Å². The van der Waals surface area contributed by atoms with Crippen LogP contribution in [0.4, 0.5) is 5.82 Å². The van der Waals surface area contributed by atoms with E-state index in [2.05, 4.69) is 41.6 Å². The van der Waals surface area contributed by atoms with Gasteiger partial charge in [-0.05, 0) is 17.9 Å². The normalized spacial score (nSPS) is 17.0. The first-order valence-corrected chi connectivity index (χ1v) is 9.25. The van der Waals surface area contributed by atoms with Crippen LogP contribution in [-0.2, 0) is 6.54 Å². The van der Waals surface area contributed by atoms with Crippen molar-refractivity contribution >= 4 is 38.7 Å². The maximum Gasteiger partial charge on any atom is 0.140 e. The average molecular weight is 331 g/mol. The van der Waals surface area contributed by atoms with Gasteiger partial charge < -0.3 is 4.90 Å². The van der Waals surface area contributed by atoms with E-state index in [4.69, 9.17) is 0 Å². The Hall–Kier alpha value is -1.57. The fraction of sp³-hybridized carbons (Fsp3) is 0.400. The lowest BCUT2D eigenvalue weighted by molar-refractivity contribution is 0.282. The Morgan fingerprint density at radius 1 is 1.09 bits per heavy atom. The number of hydrogen-bond donors (Lipinski definition) is 0. The van der Waals surface area contributed by atoms with E-state index in [9.17, 15) is 0 Å². The van der Waals surface area contributed by atoms with Crippen molar-refractivity contribution in [3.63, 3.8) is 0 Å². The third-order valence-corrected chi connectivity index (χ3v) is 5.45. The number of thiazole rings is 1. The largest absolute Gasteiger partial charge is 0.355 e. The third kappa shape index (κ3) is 2.84. The highest BCUT2D eigenvalue weighted by atomic mass is 32.1. The molecule has 1 saturated heterocycles. The molecule has 4 rings (SSSR count). The number of nitrogens with zero attached hydrogens (tertiary/aromatic N) is 5. The van der Waals surface area contributed by atoms with Gasteiger partial charge in [0.15, 0.2) is 0 Å². The summed E-state index contributed by atoms with van der Waals surface area (Å²) in [7, 11) is 0. The van der Waals surface area contributed by atoms with Crippen molar-refractivity contribution in [1.29, 1.82) is 0 Å². The zero-order valence-electron chi connectivity index (χ0n) is 12.2. The van der Waals surface area contributed by atoms with Crippen LogP contribution < -0.4 is 4.90 Å². The summed E-state index contributed by atoms with van der Waals surface area (Å²) in [5.41, 5.74) is 3.09. The van der Waals surface area contributed by atoms with Crippen molar-refractivity contribution < 1.29 is 0 Å². The van der Waals surface area contributed by atoms with Gasteiger partial charge in [0, 0.05) is 38.1 Å². The molecule has 1 fully saturated rings. The minimum absolute atomic E-state index is 0.953. The fourth-order valence-electron chi connectivity index (χ4n) is 2.91.